The van der Waals surface area contributed by atoms with Gasteiger partial charge in [-0.1, -0.05) is 13.8 Å². The lowest BCUT2D eigenvalue weighted by Crippen LogP contribution is -2.51. The minimum Gasteiger partial charge on any atom is -0.481 e. The summed E-state index contributed by atoms with van der Waals surface area (Å²) in [5.41, 5.74) is 1.18. The average Bonchev–Trinajstić information content (AvgIpc) is 2.81. The Kier molecular flexibility index (Phi) is 4.71. The van der Waals surface area contributed by atoms with Crippen molar-refractivity contribution in [2.24, 2.45) is 5.92 Å². The van der Waals surface area contributed by atoms with E-state index in [9.17, 15) is 9.59 Å². The van der Waals surface area contributed by atoms with Crippen LogP contribution in [0.2, 0.25) is 0 Å². The molecular formula is C16H23NO3S. The first kappa shape index (κ1) is 16.0. The van der Waals surface area contributed by atoms with Gasteiger partial charge in [0.15, 0.2) is 0 Å². The summed E-state index contributed by atoms with van der Waals surface area (Å²) in [4.78, 5) is 25.0. The molecule has 0 fully saturated rings. The van der Waals surface area contributed by atoms with E-state index in [1.54, 1.807) is 11.3 Å². The molecule has 2 rings (SSSR count). The van der Waals surface area contributed by atoms with Gasteiger partial charge in [-0.05, 0) is 44.1 Å². The summed E-state index contributed by atoms with van der Waals surface area (Å²) in [6, 6.07) is 0. The van der Waals surface area contributed by atoms with Gasteiger partial charge in [-0.3, -0.25) is 9.59 Å². The molecule has 0 aromatic carbocycles. The van der Waals surface area contributed by atoms with Gasteiger partial charge in [0.2, 0.25) is 0 Å². The summed E-state index contributed by atoms with van der Waals surface area (Å²) >= 11 is 1.65. The monoisotopic (exact) mass is 309 g/mol. The molecule has 1 atom stereocenters. The molecule has 5 heteroatoms. The number of rotatable bonds is 5. The first-order valence-corrected chi connectivity index (χ1v) is 8.35. The Morgan fingerprint density at radius 3 is 2.67 bits per heavy atom. The zero-order valence-electron chi connectivity index (χ0n) is 12.9. The molecule has 1 amide bonds. The van der Waals surface area contributed by atoms with Crippen molar-refractivity contribution >= 4 is 23.2 Å². The van der Waals surface area contributed by atoms with E-state index in [1.165, 1.54) is 16.9 Å². The maximum atomic E-state index is 12.6. The molecule has 0 saturated carbocycles. The number of amides is 1. The first-order valence-electron chi connectivity index (χ1n) is 7.47. The van der Waals surface area contributed by atoms with Crippen LogP contribution in [0.5, 0.6) is 0 Å². The fourth-order valence-corrected chi connectivity index (χ4v) is 3.84. The van der Waals surface area contributed by atoms with Crippen LogP contribution in [0.15, 0.2) is 5.38 Å². The van der Waals surface area contributed by atoms with Crippen LogP contribution in [0, 0.1) is 5.92 Å². The number of nitrogens with one attached hydrogen (secondary N) is 1. The Morgan fingerprint density at radius 1 is 1.38 bits per heavy atom. The van der Waals surface area contributed by atoms with Gasteiger partial charge in [0.1, 0.15) is 0 Å². The second-order valence-corrected chi connectivity index (χ2v) is 7.32. The van der Waals surface area contributed by atoms with Gasteiger partial charge in [-0.2, -0.15) is 0 Å². The highest BCUT2D eigenvalue weighted by Crippen LogP contribution is 2.31. The van der Waals surface area contributed by atoms with Crippen molar-refractivity contribution in [3.05, 3.63) is 21.4 Å². The number of carboxylic acids is 1. The number of carbonyl (C=O) groups excluding carboxylic acids is 1. The van der Waals surface area contributed by atoms with Gasteiger partial charge in [-0.15, -0.1) is 11.3 Å². The third kappa shape index (κ3) is 3.46. The number of aliphatic carboxylic acids is 1. The predicted molar refractivity (Wildman–Crippen MR) is 83.9 cm³/mol. The molecule has 2 N–H and O–H groups in total. The Labute approximate surface area is 129 Å². The van der Waals surface area contributed by atoms with E-state index in [0.717, 1.165) is 24.8 Å². The van der Waals surface area contributed by atoms with Crippen molar-refractivity contribution in [2.45, 2.75) is 58.4 Å². The van der Waals surface area contributed by atoms with E-state index in [4.69, 9.17) is 5.11 Å². The number of hydrogen-bond acceptors (Lipinski definition) is 3. The Bertz CT molecular complexity index is 550. The molecule has 1 unspecified atom stereocenters. The second kappa shape index (κ2) is 6.18. The topological polar surface area (TPSA) is 66.4 Å². The van der Waals surface area contributed by atoms with Crippen LogP contribution in [0.4, 0.5) is 0 Å². The van der Waals surface area contributed by atoms with E-state index in [0.29, 0.717) is 0 Å². The third-order valence-electron chi connectivity index (χ3n) is 4.50. The highest BCUT2D eigenvalue weighted by molar-refractivity contribution is 7.10. The molecule has 21 heavy (non-hydrogen) atoms. The van der Waals surface area contributed by atoms with Crippen molar-refractivity contribution in [2.75, 3.05) is 0 Å². The van der Waals surface area contributed by atoms with E-state index in [2.05, 4.69) is 5.32 Å². The number of fused-ring (bicyclic) bond motifs is 1. The standard InChI is InChI=1S/C16H23NO3S/c1-10(2)16(3,8-14(18)19)17-15(20)12-9-21-13-7-5-4-6-11(12)13/h9-10H,4-8H2,1-3H3,(H,17,20)(H,18,19). The molecular weight excluding hydrogens is 286 g/mol. The number of carbonyl (C=O) groups is 2. The smallest absolute Gasteiger partial charge is 0.305 e. The number of thiophene rings is 1. The van der Waals surface area contributed by atoms with Crippen LogP contribution in [0.3, 0.4) is 0 Å². The van der Waals surface area contributed by atoms with Crippen LogP contribution in [0.1, 0.15) is 60.8 Å². The van der Waals surface area contributed by atoms with Crippen molar-refractivity contribution in [3.8, 4) is 0 Å². The predicted octanol–water partition coefficient (Wildman–Crippen LogP) is 3.25. The summed E-state index contributed by atoms with van der Waals surface area (Å²) in [6.45, 7) is 5.68. The number of aryl methyl sites for hydroxylation is 1. The molecule has 0 bridgehead atoms. The highest BCUT2D eigenvalue weighted by Gasteiger charge is 2.34. The molecule has 116 valence electrons. The highest BCUT2D eigenvalue weighted by atomic mass is 32.1. The summed E-state index contributed by atoms with van der Waals surface area (Å²) < 4.78 is 0. The van der Waals surface area contributed by atoms with Crippen LogP contribution >= 0.6 is 11.3 Å². The fourth-order valence-electron chi connectivity index (χ4n) is 2.72. The zero-order chi connectivity index (χ0) is 15.6. The van der Waals surface area contributed by atoms with E-state index in [-0.39, 0.29) is 18.2 Å². The lowest BCUT2D eigenvalue weighted by atomic mass is 9.84. The Balaban J connectivity index is 2.19. The maximum absolute atomic E-state index is 12.6. The summed E-state index contributed by atoms with van der Waals surface area (Å²) in [5.74, 6) is -0.974. The van der Waals surface area contributed by atoms with Gasteiger partial charge in [0.25, 0.3) is 5.91 Å². The SMILES string of the molecule is CC(C)C(C)(CC(=O)O)NC(=O)c1csc2c1CCCC2. The van der Waals surface area contributed by atoms with Crippen LogP contribution in [-0.4, -0.2) is 22.5 Å². The van der Waals surface area contributed by atoms with Gasteiger partial charge >= 0.3 is 5.97 Å². The molecule has 0 saturated heterocycles. The Hall–Kier alpha value is -1.36. The average molecular weight is 309 g/mol. The van der Waals surface area contributed by atoms with Crippen molar-refractivity contribution in [1.82, 2.24) is 5.32 Å². The number of carboxylic acid groups (broad SMARTS) is 1. The minimum atomic E-state index is -0.890. The third-order valence-corrected chi connectivity index (χ3v) is 5.59. The van der Waals surface area contributed by atoms with Crippen molar-refractivity contribution in [1.29, 1.82) is 0 Å². The first-order chi connectivity index (χ1) is 9.83. The quantitative estimate of drug-likeness (QED) is 0.877. The molecule has 1 aliphatic carbocycles. The molecule has 0 spiro atoms. The van der Waals surface area contributed by atoms with Crippen molar-refractivity contribution < 1.29 is 14.7 Å². The van der Waals surface area contributed by atoms with E-state index < -0.39 is 11.5 Å². The summed E-state index contributed by atoms with van der Waals surface area (Å²) in [5, 5.41) is 14.0. The second-order valence-electron chi connectivity index (χ2n) is 6.36. The maximum Gasteiger partial charge on any atom is 0.305 e. The molecule has 1 aromatic rings. The largest absolute Gasteiger partial charge is 0.481 e. The van der Waals surface area contributed by atoms with Crippen LogP contribution in [0.25, 0.3) is 0 Å². The fraction of sp³-hybridized carbons (Fsp3) is 0.625. The molecule has 4 nitrogen and oxygen atoms in total. The zero-order valence-corrected chi connectivity index (χ0v) is 13.7. The molecule has 1 heterocycles. The Morgan fingerprint density at radius 2 is 2.05 bits per heavy atom. The summed E-state index contributed by atoms with van der Waals surface area (Å²) in [6.07, 6.45) is 4.27. The molecule has 1 aliphatic rings. The lowest BCUT2D eigenvalue weighted by molar-refractivity contribution is -0.138. The van der Waals surface area contributed by atoms with Crippen LogP contribution in [-0.2, 0) is 17.6 Å². The van der Waals surface area contributed by atoms with Gasteiger partial charge in [-0.25, -0.2) is 0 Å². The van der Waals surface area contributed by atoms with E-state index >= 15 is 0 Å². The number of hydrogen-bond donors (Lipinski definition) is 2. The van der Waals surface area contributed by atoms with Crippen molar-refractivity contribution in [3.63, 3.8) is 0 Å². The van der Waals surface area contributed by atoms with Gasteiger partial charge < -0.3 is 10.4 Å². The summed E-state index contributed by atoms with van der Waals surface area (Å²) in [7, 11) is 0. The van der Waals surface area contributed by atoms with Gasteiger partial charge in [0, 0.05) is 10.3 Å². The van der Waals surface area contributed by atoms with Crippen LogP contribution < -0.4 is 5.32 Å². The normalized spacial score (nSPS) is 17.1. The minimum absolute atomic E-state index is 0.0482. The lowest BCUT2D eigenvalue weighted by Gasteiger charge is -2.33. The van der Waals surface area contributed by atoms with E-state index in [1.807, 2.05) is 26.2 Å². The molecule has 0 aliphatic heterocycles. The molecule has 1 aromatic heterocycles. The van der Waals surface area contributed by atoms with Gasteiger partial charge in [0.05, 0.1) is 17.5 Å². The molecule has 0 radical (unpaired) electrons.